The molecule has 0 fully saturated rings. The van der Waals surface area contributed by atoms with Gasteiger partial charge in [-0.25, -0.2) is 4.98 Å². The number of nitrogen functional groups attached to an aromatic ring is 1. The molecule has 2 N–H and O–H groups in total. The Morgan fingerprint density at radius 3 is 2.44 bits per heavy atom. The van der Waals surface area contributed by atoms with Crippen LogP contribution in [0.2, 0.25) is 0 Å². The maximum absolute atomic E-state index is 12.3. The second-order valence-electron chi connectivity index (χ2n) is 3.33. The molecule has 2 heterocycles. The highest BCUT2D eigenvalue weighted by atomic mass is 32.1. The molecule has 0 spiro atoms. The van der Waals surface area contributed by atoms with Gasteiger partial charge in [0.15, 0.2) is 5.01 Å². The van der Waals surface area contributed by atoms with E-state index in [9.17, 15) is 18.0 Å². The molecule has 0 aliphatic rings. The summed E-state index contributed by atoms with van der Waals surface area (Å²) in [6.07, 6.45) is -2.38. The summed E-state index contributed by atoms with van der Waals surface area (Å²) in [5.74, 6) is -0.608. The number of pyridine rings is 1. The lowest BCUT2D eigenvalue weighted by atomic mass is 10.2. The number of nitrogens with two attached hydrogens (primary N) is 1. The zero-order valence-electron chi connectivity index (χ0n) is 8.73. The van der Waals surface area contributed by atoms with Gasteiger partial charge < -0.3 is 5.73 Å². The number of ketones is 1. The molecule has 8 heteroatoms. The van der Waals surface area contributed by atoms with Crippen molar-refractivity contribution in [3.05, 3.63) is 40.1 Å². The van der Waals surface area contributed by atoms with Crippen molar-refractivity contribution < 1.29 is 18.0 Å². The highest BCUT2D eigenvalue weighted by Crippen LogP contribution is 2.32. The van der Waals surface area contributed by atoms with Gasteiger partial charge in [0.2, 0.25) is 5.78 Å². The number of hydrogen-bond acceptors (Lipinski definition) is 5. The van der Waals surface area contributed by atoms with Crippen LogP contribution in [0.1, 0.15) is 20.4 Å². The van der Waals surface area contributed by atoms with Crippen LogP contribution >= 0.6 is 11.3 Å². The van der Waals surface area contributed by atoms with Gasteiger partial charge in [-0.15, -0.1) is 11.3 Å². The highest BCUT2D eigenvalue weighted by Gasteiger charge is 2.35. The summed E-state index contributed by atoms with van der Waals surface area (Å²) in [7, 11) is 0. The van der Waals surface area contributed by atoms with E-state index in [1.165, 1.54) is 18.3 Å². The average Bonchev–Trinajstić information content (AvgIpc) is 2.78. The first-order valence-corrected chi connectivity index (χ1v) is 5.49. The van der Waals surface area contributed by atoms with Crippen molar-refractivity contribution in [3.63, 3.8) is 0 Å². The van der Waals surface area contributed by atoms with Crippen LogP contribution in [-0.2, 0) is 6.18 Å². The molecule has 94 valence electrons. The van der Waals surface area contributed by atoms with Crippen LogP contribution in [0.3, 0.4) is 0 Å². The maximum atomic E-state index is 12.3. The third-order valence-electron chi connectivity index (χ3n) is 1.99. The summed E-state index contributed by atoms with van der Waals surface area (Å²) in [4.78, 5) is 18.6. The van der Waals surface area contributed by atoms with Gasteiger partial charge in [-0.05, 0) is 12.1 Å². The van der Waals surface area contributed by atoms with Gasteiger partial charge in [0.05, 0.1) is 16.8 Å². The van der Waals surface area contributed by atoms with E-state index in [0.29, 0.717) is 17.0 Å². The molecule has 18 heavy (non-hydrogen) atoms. The monoisotopic (exact) mass is 273 g/mol. The summed E-state index contributed by atoms with van der Waals surface area (Å²) < 4.78 is 37.0. The van der Waals surface area contributed by atoms with Crippen LogP contribution in [0, 0.1) is 0 Å². The Labute approximate surface area is 103 Å². The number of alkyl halides is 3. The maximum Gasteiger partial charge on any atom is 0.443 e. The molecule has 2 aromatic rings. The van der Waals surface area contributed by atoms with E-state index in [0.717, 1.165) is 6.20 Å². The first kappa shape index (κ1) is 12.5. The smallest absolute Gasteiger partial charge is 0.397 e. The average molecular weight is 273 g/mol. The topological polar surface area (TPSA) is 68.9 Å². The number of rotatable bonds is 2. The van der Waals surface area contributed by atoms with E-state index >= 15 is 0 Å². The molecule has 2 aromatic heterocycles. The molecule has 0 amide bonds. The number of carbonyl (C=O) groups excluding carboxylic acids is 1. The van der Waals surface area contributed by atoms with E-state index in [1.54, 1.807) is 0 Å². The number of carbonyl (C=O) groups is 1. The first-order chi connectivity index (χ1) is 8.38. The van der Waals surface area contributed by atoms with Crippen molar-refractivity contribution in [2.75, 3.05) is 5.73 Å². The van der Waals surface area contributed by atoms with Gasteiger partial charge in [0.1, 0.15) is 5.69 Å². The largest absolute Gasteiger partial charge is 0.443 e. The zero-order chi connectivity index (χ0) is 13.3. The van der Waals surface area contributed by atoms with Crippen LogP contribution in [0.25, 0.3) is 0 Å². The molecule has 4 nitrogen and oxygen atoms in total. The van der Waals surface area contributed by atoms with Crippen LogP contribution in [-0.4, -0.2) is 15.8 Å². The number of aromatic nitrogens is 2. The van der Waals surface area contributed by atoms with Gasteiger partial charge in [-0.1, -0.05) is 0 Å². The van der Waals surface area contributed by atoms with E-state index in [-0.39, 0.29) is 10.6 Å². The predicted octanol–water partition coefficient (Wildman–Crippen LogP) is 2.37. The van der Waals surface area contributed by atoms with E-state index in [2.05, 4.69) is 9.97 Å². The third-order valence-corrected chi connectivity index (χ3v) is 3.03. The SMILES string of the molecule is Nc1ccc(C(=O)c2cnc(C(F)(F)F)s2)nc1. The fourth-order valence-corrected chi connectivity index (χ4v) is 1.91. The van der Waals surface area contributed by atoms with Crippen molar-refractivity contribution in [2.45, 2.75) is 6.18 Å². The Hall–Kier alpha value is -1.96. The Morgan fingerprint density at radius 2 is 1.94 bits per heavy atom. The molecular weight excluding hydrogens is 267 g/mol. The van der Waals surface area contributed by atoms with Crippen molar-refractivity contribution in [1.29, 1.82) is 0 Å². The Bertz CT molecular complexity index is 577. The Balaban J connectivity index is 2.29. The minimum Gasteiger partial charge on any atom is -0.397 e. The molecule has 0 saturated heterocycles. The summed E-state index contributed by atoms with van der Waals surface area (Å²) in [6, 6.07) is 2.80. The normalized spacial score (nSPS) is 11.5. The summed E-state index contributed by atoms with van der Waals surface area (Å²) in [6.45, 7) is 0. The molecule has 0 aromatic carbocycles. The van der Waals surface area contributed by atoms with Gasteiger partial charge in [0, 0.05) is 6.20 Å². The number of anilines is 1. The van der Waals surface area contributed by atoms with Gasteiger partial charge >= 0.3 is 6.18 Å². The van der Waals surface area contributed by atoms with Crippen molar-refractivity contribution in [2.24, 2.45) is 0 Å². The lowest BCUT2D eigenvalue weighted by Crippen LogP contribution is -2.03. The molecule has 0 saturated carbocycles. The van der Waals surface area contributed by atoms with Crippen molar-refractivity contribution >= 4 is 22.8 Å². The van der Waals surface area contributed by atoms with Crippen LogP contribution in [0.4, 0.5) is 18.9 Å². The highest BCUT2D eigenvalue weighted by molar-refractivity contribution is 7.13. The number of nitrogens with zero attached hydrogens (tertiary/aromatic N) is 2. The quantitative estimate of drug-likeness (QED) is 0.853. The van der Waals surface area contributed by atoms with Crippen LogP contribution in [0.15, 0.2) is 24.5 Å². The van der Waals surface area contributed by atoms with E-state index in [4.69, 9.17) is 5.73 Å². The molecule has 0 atom stereocenters. The summed E-state index contributed by atoms with van der Waals surface area (Å²) >= 11 is 0.290. The van der Waals surface area contributed by atoms with Gasteiger partial charge in [-0.3, -0.25) is 9.78 Å². The van der Waals surface area contributed by atoms with Crippen molar-refractivity contribution in [3.8, 4) is 0 Å². The fraction of sp³-hybridized carbons (Fsp3) is 0.100. The third kappa shape index (κ3) is 2.48. The van der Waals surface area contributed by atoms with Gasteiger partial charge in [0.25, 0.3) is 0 Å². The molecule has 2 rings (SSSR count). The molecule has 0 aliphatic heterocycles. The van der Waals surface area contributed by atoms with E-state index < -0.39 is 17.0 Å². The first-order valence-electron chi connectivity index (χ1n) is 4.67. The van der Waals surface area contributed by atoms with Crippen LogP contribution < -0.4 is 5.73 Å². The van der Waals surface area contributed by atoms with Crippen LogP contribution in [0.5, 0.6) is 0 Å². The van der Waals surface area contributed by atoms with E-state index in [1.807, 2.05) is 0 Å². The fourth-order valence-electron chi connectivity index (χ4n) is 1.18. The lowest BCUT2D eigenvalue weighted by Gasteiger charge is -1.99. The minimum absolute atomic E-state index is 0.0292. The number of halogens is 3. The second kappa shape index (κ2) is 4.37. The minimum atomic E-state index is -4.54. The summed E-state index contributed by atoms with van der Waals surface area (Å²) in [5, 5.41) is -1.05. The molecule has 0 unspecified atom stereocenters. The predicted molar refractivity (Wildman–Crippen MR) is 59.2 cm³/mol. The number of hydrogen-bond donors (Lipinski definition) is 1. The number of thiazole rings is 1. The zero-order valence-corrected chi connectivity index (χ0v) is 9.55. The second-order valence-corrected chi connectivity index (χ2v) is 4.36. The Kier molecular flexibility index (Phi) is 3.04. The van der Waals surface area contributed by atoms with Crippen molar-refractivity contribution in [1.82, 2.24) is 9.97 Å². The summed E-state index contributed by atoms with van der Waals surface area (Å²) in [5.41, 5.74) is 5.79. The standard InChI is InChI=1S/C10H6F3N3OS/c11-10(12,13)9-16-4-7(18-9)8(17)6-2-1-5(14)3-15-6/h1-4H,14H2. The van der Waals surface area contributed by atoms with Gasteiger partial charge in [-0.2, -0.15) is 13.2 Å². The molecule has 0 radical (unpaired) electrons. The lowest BCUT2D eigenvalue weighted by molar-refractivity contribution is -0.137. The molecule has 0 bridgehead atoms. The Morgan fingerprint density at radius 1 is 1.22 bits per heavy atom. The molecule has 0 aliphatic carbocycles. The molecular formula is C10H6F3N3OS.